The number of carboxylic acid groups (broad SMARTS) is 1. The molecule has 1 aliphatic carbocycles. The van der Waals surface area contributed by atoms with E-state index in [-0.39, 0.29) is 12.5 Å². The highest BCUT2D eigenvalue weighted by Crippen LogP contribution is 2.44. The molecule has 0 spiro atoms. The molecule has 182 valence electrons. The molecule has 11 nitrogen and oxygen atoms in total. The van der Waals surface area contributed by atoms with Gasteiger partial charge < -0.3 is 40.9 Å². The Bertz CT molecular complexity index is 999. The van der Waals surface area contributed by atoms with Crippen molar-refractivity contribution in [2.75, 3.05) is 19.7 Å². The van der Waals surface area contributed by atoms with Crippen LogP contribution in [0.1, 0.15) is 17.0 Å². The summed E-state index contributed by atoms with van der Waals surface area (Å²) in [5, 5.41) is 51.3. The highest BCUT2D eigenvalue weighted by atomic mass is 16.5. The molecule has 4 atom stereocenters. The van der Waals surface area contributed by atoms with Crippen molar-refractivity contribution in [2.45, 2.75) is 30.3 Å². The minimum Gasteiger partial charge on any atom is -0.479 e. The lowest BCUT2D eigenvalue weighted by molar-refractivity contribution is -0.158. The van der Waals surface area contributed by atoms with Crippen molar-refractivity contribution in [3.63, 3.8) is 0 Å². The van der Waals surface area contributed by atoms with Crippen molar-refractivity contribution >= 4 is 18.0 Å². The number of alkyl carbamates (subject to hydrolysis) is 1. The second-order valence-corrected chi connectivity index (χ2v) is 7.81. The molecule has 0 saturated heterocycles. The molecule has 0 heterocycles. The summed E-state index contributed by atoms with van der Waals surface area (Å²) in [6.07, 6.45) is -8.44. The number of carbonyl (C=O) groups is 3. The van der Waals surface area contributed by atoms with Gasteiger partial charge in [0, 0.05) is 19.0 Å². The Labute approximate surface area is 194 Å². The standard InChI is InChI=1S/C23H26N2O9/c26-17(9-24-21(30)19(28)20(29)22(31)32)18(27)10-25-23(33)34-11-16-14-7-3-1-5-12(14)13-6-2-4-8-15(13)16/h1-8,16-20,26-29H,9-11H2,(H,24,30)(H,25,33)(H,31,32). The van der Waals surface area contributed by atoms with Crippen LogP contribution < -0.4 is 10.6 Å². The molecule has 2 aromatic carbocycles. The van der Waals surface area contributed by atoms with E-state index in [1.165, 1.54) is 0 Å². The average Bonchev–Trinajstić information content (AvgIpc) is 3.16. The molecule has 2 amide bonds. The molecule has 1 aliphatic rings. The number of fused-ring (bicyclic) bond motifs is 3. The number of amides is 2. The minimum absolute atomic E-state index is 0.0678. The number of nitrogens with one attached hydrogen (secondary N) is 2. The summed E-state index contributed by atoms with van der Waals surface area (Å²) in [5.41, 5.74) is 4.23. The number of rotatable bonds is 10. The van der Waals surface area contributed by atoms with Crippen LogP contribution in [0, 0.1) is 0 Å². The second kappa shape index (κ2) is 11.1. The van der Waals surface area contributed by atoms with Gasteiger partial charge in [0.15, 0.2) is 12.2 Å². The fraction of sp³-hybridized carbons (Fsp3) is 0.348. The van der Waals surface area contributed by atoms with E-state index in [1.807, 2.05) is 53.8 Å². The van der Waals surface area contributed by atoms with Gasteiger partial charge in [-0.2, -0.15) is 0 Å². The van der Waals surface area contributed by atoms with Gasteiger partial charge in [-0.1, -0.05) is 48.5 Å². The summed E-state index contributed by atoms with van der Waals surface area (Å²) < 4.78 is 5.32. The van der Waals surface area contributed by atoms with E-state index in [1.54, 1.807) is 0 Å². The third-order valence-electron chi connectivity index (χ3n) is 5.55. The summed E-state index contributed by atoms with van der Waals surface area (Å²) in [5.74, 6) is -3.18. The summed E-state index contributed by atoms with van der Waals surface area (Å²) >= 11 is 0. The summed E-state index contributed by atoms with van der Waals surface area (Å²) in [6, 6.07) is 15.7. The highest BCUT2D eigenvalue weighted by molar-refractivity contribution is 5.87. The van der Waals surface area contributed by atoms with Crippen LogP contribution in [0.15, 0.2) is 48.5 Å². The highest BCUT2D eigenvalue weighted by Gasteiger charge is 2.31. The zero-order valence-electron chi connectivity index (χ0n) is 18.0. The van der Waals surface area contributed by atoms with E-state index in [4.69, 9.17) is 14.9 Å². The number of aliphatic hydroxyl groups excluding tert-OH is 4. The normalized spacial score (nSPS) is 15.9. The van der Waals surface area contributed by atoms with Gasteiger partial charge in [0.2, 0.25) is 0 Å². The van der Waals surface area contributed by atoms with Gasteiger partial charge in [-0.25, -0.2) is 9.59 Å². The van der Waals surface area contributed by atoms with Gasteiger partial charge in [-0.05, 0) is 22.3 Å². The maximum atomic E-state index is 12.1. The van der Waals surface area contributed by atoms with Crippen molar-refractivity contribution in [2.24, 2.45) is 0 Å². The van der Waals surface area contributed by atoms with E-state index < -0.39 is 55.5 Å². The number of hydrogen-bond donors (Lipinski definition) is 7. The average molecular weight is 474 g/mol. The molecule has 0 bridgehead atoms. The molecule has 0 radical (unpaired) electrons. The fourth-order valence-electron chi connectivity index (χ4n) is 3.70. The molecule has 11 heteroatoms. The van der Waals surface area contributed by atoms with Crippen molar-refractivity contribution in [3.05, 3.63) is 59.7 Å². The zero-order valence-corrected chi connectivity index (χ0v) is 18.0. The number of benzene rings is 2. The van der Waals surface area contributed by atoms with Gasteiger partial charge in [-0.15, -0.1) is 0 Å². The first kappa shape index (κ1) is 25.1. The maximum Gasteiger partial charge on any atom is 0.407 e. The topological polar surface area (TPSA) is 186 Å². The van der Waals surface area contributed by atoms with Crippen molar-refractivity contribution in [1.29, 1.82) is 0 Å². The summed E-state index contributed by atoms with van der Waals surface area (Å²) in [7, 11) is 0. The number of hydrogen-bond acceptors (Lipinski definition) is 8. The lowest BCUT2D eigenvalue weighted by Crippen LogP contribution is -2.50. The number of ether oxygens (including phenoxy) is 1. The van der Waals surface area contributed by atoms with Gasteiger partial charge in [-0.3, -0.25) is 4.79 Å². The Hall–Kier alpha value is -3.51. The van der Waals surface area contributed by atoms with Crippen molar-refractivity contribution in [3.8, 4) is 11.1 Å². The Kier molecular flexibility index (Phi) is 8.18. The predicted octanol–water partition coefficient (Wildman–Crippen LogP) is -0.830. The fourth-order valence-corrected chi connectivity index (χ4v) is 3.70. The smallest absolute Gasteiger partial charge is 0.407 e. The molecular weight excluding hydrogens is 448 g/mol. The van der Waals surface area contributed by atoms with Gasteiger partial charge in [0.25, 0.3) is 5.91 Å². The van der Waals surface area contributed by atoms with Crippen LogP contribution >= 0.6 is 0 Å². The first-order valence-electron chi connectivity index (χ1n) is 10.5. The lowest BCUT2D eigenvalue weighted by atomic mass is 9.98. The van der Waals surface area contributed by atoms with Gasteiger partial charge in [0.1, 0.15) is 6.61 Å². The first-order chi connectivity index (χ1) is 16.2. The molecular formula is C23H26N2O9. The molecule has 34 heavy (non-hydrogen) atoms. The first-order valence-corrected chi connectivity index (χ1v) is 10.5. The predicted molar refractivity (Wildman–Crippen MR) is 118 cm³/mol. The number of carboxylic acids is 1. The number of aliphatic carboxylic acids is 1. The monoisotopic (exact) mass is 474 g/mol. The Morgan fingerprint density at radius 1 is 0.794 bits per heavy atom. The Balaban J connectivity index is 1.45. The SMILES string of the molecule is O=C(NCC(O)C(O)CNC(=O)C(O)C(O)C(=O)O)OCC1c2ccccc2-c2ccccc21. The summed E-state index contributed by atoms with van der Waals surface area (Å²) in [4.78, 5) is 34.3. The third-order valence-corrected chi connectivity index (χ3v) is 5.55. The Morgan fingerprint density at radius 3 is 1.82 bits per heavy atom. The van der Waals surface area contributed by atoms with Crippen LogP contribution in [0.5, 0.6) is 0 Å². The minimum atomic E-state index is -2.34. The lowest BCUT2D eigenvalue weighted by Gasteiger charge is -2.20. The van der Waals surface area contributed by atoms with E-state index >= 15 is 0 Å². The largest absolute Gasteiger partial charge is 0.479 e. The van der Waals surface area contributed by atoms with Crippen molar-refractivity contribution in [1.82, 2.24) is 10.6 Å². The van der Waals surface area contributed by atoms with Crippen LogP contribution in [0.25, 0.3) is 11.1 Å². The van der Waals surface area contributed by atoms with E-state index in [0.29, 0.717) is 0 Å². The number of carbonyl (C=O) groups excluding carboxylic acids is 2. The van der Waals surface area contributed by atoms with Crippen LogP contribution in [-0.2, 0) is 14.3 Å². The molecule has 7 N–H and O–H groups in total. The van der Waals surface area contributed by atoms with Crippen LogP contribution in [0.4, 0.5) is 4.79 Å². The molecule has 0 saturated carbocycles. The number of aliphatic hydroxyl groups is 4. The van der Waals surface area contributed by atoms with Gasteiger partial charge in [0.05, 0.1) is 12.2 Å². The molecule has 3 rings (SSSR count). The second-order valence-electron chi connectivity index (χ2n) is 7.81. The van der Waals surface area contributed by atoms with Crippen molar-refractivity contribution < 1.29 is 44.7 Å². The van der Waals surface area contributed by atoms with Crippen LogP contribution in [0.3, 0.4) is 0 Å². The molecule has 0 fully saturated rings. The van der Waals surface area contributed by atoms with Gasteiger partial charge >= 0.3 is 12.1 Å². The zero-order chi connectivity index (χ0) is 24.8. The van der Waals surface area contributed by atoms with Crippen LogP contribution in [0.2, 0.25) is 0 Å². The quantitative estimate of drug-likeness (QED) is 0.231. The van der Waals surface area contributed by atoms with Crippen LogP contribution in [-0.4, -0.2) is 87.6 Å². The molecule has 0 aromatic heterocycles. The third kappa shape index (κ3) is 5.69. The molecule has 0 aliphatic heterocycles. The Morgan fingerprint density at radius 2 is 1.29 bits per heavy atom. The molecule has 4 unspecified atom stereocenters. The molecule has 2 aromatic rings. The van der Waals surface area contributed by atoms with E-state index in [9.17, 15) is 29.7 Å². The van der Waals surface area contributed by atoms with E-state index in [0.717, 1.165) is 22.3 Å². The summed E-state index contributed by atoms with van der Waals surface area (Å²) in [6.45, 7) is -0.887. The maximum absolute atomic E-state index is 12.1. The van der Waals surface area contributed by atoms with E-state index in [2.05, 4.69) is 5.32 Å².